The van der Waals surface area contributed by atoms with Crippen molar-refractivity contribution in [3.05, 3.63) is 48.6 Å². The maximum Gasteiger partial charge on any atom is 0.412 e. The molecule has 6 heteroatoms. The Kier molecular flexibility index (Phi) is 6.54. The van der Waals surface area contributed by atoms with Gasteiger partial charge in [-0.15, -0.1) is 6.58 Å². The number of esters is 1. The molecule has 1 aliphatic rings. The zero-order valence-corrected chi connectivity index (χ0v) is 17.2. The maximum atomic E-state index is 13.0. The summed E-state index contributed by atoms with van der Waals surface area (Å²) < 4.78 is 15.8. The summed E-state index contributed by atoms with van der Waals surface area (Å²) in [6.07, 6.45) is 5.62. The van der Waals surface area contributed by atoms with Crippen LogP contribution in [0, 0.1) is 0 Å². The van der Waals surface area contributed by atoms with E-state index in [0.29, 0.717) is 12.8 Å². The van der Waals surface area contributed by atoms with E-state index in [1.807, 2.05) is 24.3 Å². The first kappa shape index (κ1) is 21.5. The van der Waals surface area contributed by atoms with Crippen LogP contribution in [-0.4, -0.2) is 48.4 Å². The lowest BCUT2D eigenvalue weighted by Crippen LogP contribution is -2.55. The summed E-state index contributed by atoms with van der Waals surface area (Å²) in [7, 11) is 2.92. The molecule has 152 valence electrons. The van der Waals surface area contributed by atoms with Crippen molar-refractivity contribution in [3.8, 4) is 5.75 Å². The quantitative estimate of drug-likeness (QED) is 0.559. The first-order valence-corrected chi connectivity index (χ1v) is 9.23. The van der Waals surface area contributed by atoms with Gasteiger partial charge in [-0.25, -0.2) is 9.59 Å². The van der Waals surface area contributed by atoms with Crippen molar-refractivity contribution in [1.29, 1.82) is 0 Å². The highest BCUT2D eigenvalue weighted by Gasteiger charge is 2.53. The fraction of sp³-hybridized carbons (Fsp3) is 0.455. The third-order valence-corrected chi connectivity index (χ3v) is 4.65. The van der Waals surface area contributed by atoms with Gasteiger partial charge in [-0.1, -0.05) is 24.3 Å². The number of amides is 1. The molecule has 28 heavy (non-hydrogen) atoms. The normalized spacial score (nSPS) is 22.2. The fourth-order valence-electron chi connectivity index (χ4n) is 3.30. The first-order valence-electron chi connectivity index (χ1n) is 9.23. The average molecular weight is 387 g/mol. The largest absolute Gasteiger partial charge is 0.497 e. The highest BCUT2D eigenvalue weighted by molar-refractivity contribution is 5.90. The summed E-state index contributed by atoms with van der Waals surface area (Å²) in [6.45, 7) is 9.19. The Hall–Kier alpha value is -2.76. The monoisotopic (exact) mass is 387 g/mol. The fourth-order valence-corrected chi connectivity index (χ4v) is 3.30. The number of ether oxygens (including phenoxy) is 3. The molecule has 0 saturated carbocycles. The minimum atomic E-state index is -1.25. The molecule has 1 fully saturated rings. The molecule has 2 rings (SSSR count). The highest BCUT2D eigenvalue weighted by atomic mass is 16.6. The number of rotatable bonds is 5. The van der Waals surface area contributed by atoms with Crippen LogP contribution < -0.4 is 4.74 Å². The van der Waals surface area contributed by atoms with Crippen LogP contribution in [0.4, 0.5) is 4.79 Å². The number of carbonyl (C=O) groups excluding carboxylic acids is 2. The predicted octanol–water partition coefficient (Wildman–Crippen LogP) is 4.21. The van der Waals surface area contributed by atoms with E-state index < -0.39 is 23.2 Å². The summed E-state index contributed by atoms with van der Waals surface area (Å²) in [5.74, 6) is 0.232. The van der Waals surface area contributed by atoms with Gasteiger partial charge in [0.1, 0.15) is 11.4 Å². The topological polar surface area (TPSA) is 65.1 Å². The standard InChI is InChI=1S/C22H29NO5/c1-7-17-13-15-22(19(24)27-6,23(17)20(25)28-21(2,3)4)14-12-16-8-10-18(26-5)11-9-16/h7-12,14,17H,1,13,15H2,2-6H3/b14-12+/t17-,22+/m0/s1. The van der Waals surface area contributed by atoms with Crippen molar-refractivity contribution >= 4 is 18.1 Å². The third kappa shape index (κ3) is 4.55. The Bertz CT molecular complexity index is 747. The van der Waals surface area contributed by atoms with E-state index in [0.717, 1.165) is 11.3 Å². The second kappa shape index (κ2) is 8.50. The summed E-state index contributed by atoms with van der Waals surface area (Å²) in [6, 6.07) is 7.08. The van der Waals surface area contributed by atoms with E-state index in [1.165, 1.54) is 12.0 Å². The lowest BCUT2D eigenvalue weighted by Gasteiger charge is -2.37. The summed E-state index contributed by atoms with van der Waals surface area (Å²) >= 11 is 0. The Morgan fingerprint density at radius 2 is 1.86 bits per heavy atom. The summed E-state index contributed by atoms with van der Waals surface area (Å²) in [5.41, 5.74) is -1.07. The zero-order chi connectivity index (χ0) is 20.9. The lowest BCUT2D eigenvalue weighted by molar-refractivity contribution is -0.150. The second-order valence-corrected chi connectivity index (χ2v) is 7.71. The van der Waals surface area contributed by atoms with Crippen molar-refractivity contribution < 1.29 is 23.8 Å². The van der Waals surface area contributed by atoms with E-state index in [1.54, 1.807) is 46.1 Å². The van der Waals surface area contributed by atoms with Gasteiger partial charge in [0.15, 0.2) is 5.54 Å². The van der Waals surface area contributed by atoms with Crippen molar-refractivity contribution in [2.75, 3.05) is 14.2 Å². The van der Waals surface area contributed by atoms with Crippen molar-refractivity contribution in [2.24, 2.45) is 0 Å². The van der Waals surface area contributed by atoms with E-state index in [-0.39, 0.29) is 6.04 Å². The minimum Gasteiger partial charge on any atom is -0.497 e. The Morgan fingerprint density at radius 3 is 2.36 bits per heavy atom. The molecule has 1 amide bonds. The predicted molar refractivity (Wildman–Crippen MR) is 108 cm³/mol. The van der Waals surface area contributed by atoms with Crippen molar-refractivity contribution in [3.63, 3.8) is 0 Å². The van der Waals surface area contributed by atoms with E-state index >= 15 is 0 Å². The average Bonchev–Trinajstić information content (AvgIpc) is 3.04. The number of carbonyl (C=O) groups is 2. The van der Waals surface area contributed by atoms with Gasteiger partial charge >= 0.3 is 12.1 Å². The number of methoxy groups -OCH3 is 2. The summed E-state index contributed by atoms with van der Waals surface area (Å²) in [5, 5.41) is 0. The van der Waals surface area contributed by atoms with Gasteiger partial charge in [-0.3, -0.25) is 4.90 Å². The van der Waals surface area contributed by atoms with E-state index in [2.05, 4.69) is 6.58 Å². The Balaban J connectivity index is 2.44. The molecule has 1 aliphatic heterocycles. The van der Waals surface area contributed by atoms with Gasteiger partial charge < -0.3 is 14.2 Å². The molecule has 1 aromatic carbocycles. The molecule has 0 N–H and O–H groups in total. The molecule has 6 nitrogen and oxygen atoms in total. The molecule has 2 atom stereocenters. The van der Waals surface area contributed by atoms with E-state index in [9.17, 15) is 9.59 Å². The van der Waals surface area contributed by atoms with Gasteiger partial charge in [-0.05, 0) is 57.4 Å². The smallest absolute Gasteiger partial charge is 0.412 e. The Labute approximate surface area is 166 Å². The minimum absolute atomic E-state index is 0.325. The van der Waals surface area contributed by atoms with Crippen LogP contribution in [0.5, 0.6) is 5.75 Å². The number of hydrogen-bond donors (Lipinski definition) is 0. The van der Waals surface area contributed by atoms with Gasteiger partial charge in [0.25, 0.3) is 0 Å². The number of likely N-dealkylation sites (tertiary alicyclic amines) is 1. The SMILES string of the molecule is C=C[C@H]1CC[C@](/C=C/c2ccc(OC)cc2)(C(=O)OC)N1C(=O)OC(C)(C)C. The van der Waals surface area contributed by atoms with Crippen molar-refractivity contribution in [1.82, 2.24) is 4.90 Å². The third-order valence-electron chi connectivity index (χ3n) is 4.65. The maximum absolute atomic E-state index is 13.0. The molecule has 0 radical (unpaired) electrons. The number of hydrogen-bond acceptors (Lipinski definition) is 5. The molecular weight excluding hydrogens is 358 g/mol. The van der Waals surface area contributed by atoms with Crippen LogP contribution >= 0.6 is 0 Å². The van der Waals surface area contributed by atoms with Crippen molar-refractivity contribution in [2.45, 2.75) is 50.8 Å². The van der Waals surface area contributed by atoms with Crippen LogP contribution in [0.15, 0.2) is 43.0 Å². The van der Waals surface area contributed by atoms with Crippen LogP contribution in [0.1, 0.15) is 39.2 Å². The molecular formula is C22H29NO5. The molecule has 1 saturated heterocycles. The zero-order valence-electron chi connectivity index (χ0n) is 17.2. The van der Waals surface area contributed by atoms with Gasteiger partial charge in [0.05, 0.1) is 20.3 Å². The molecule has 1 heterocycles. The second-order valence-electron chi connectivity index (χ2n) is 7.71. The lowest BCUT2D eigenvalue weighted by atomic mass is 9.94. The van der Waals surface area contributed by atoms with Crippen LogP contribution in [-0.2, 0) is 14.3 Å². The van der Waals surface area contributed by atoms with E-state index in [4.69, 9.17) is 14.2 Å². The molecule has 0 aromatic heterocycles. The van der Waals surface area contributed by atoms with Crippen LogP contribution in [0.2, 0.25) is 0 Å². The molecule has 0 aliphatic carbocycles. The number of benzene rings is 1. The molecule has 0 bridgehead atoms. The highest BCUT2D eigenvalue weighted by Crippen LogP contribution is 2.38. The molecule has 0 unspecified atom stereocenters. The van der Waals surface area contributed by atoms with Crippen LogP contribution in [0.3, 0.4) is 0 Å². The van der Waals surface area contributed by atoms with Gasteiger partial charge in [0, 0.05) is 0 Å². The van der Waals surface area contributed by atoms with Crippen LogP contribution in [0.25, 0.3) is 6.08 Å². The molecule has 0 spiro atoms. The van der Waals surface area contributed by atoms with Gasteiger partial charge in [-0.2, -0.15) is 0 Å². The number of nitrogens with zero attached hydrogens (tertiary/aromatic N) is 1. The Morgan fingerprint density at radius 1 is 1.21 bits per heavy atom. The molecule has 1 aromatic rings. The van der Waals surface area contributed by atoms with Gasteiger partial charge in [0.2, 0.25) is 0 Å². The first-order chi connectivity index (χ1) is 13.2. The summed E-state index contributed by atoms with van der Waals surface area (Å²) in [4.78, 5) is 27.2.